The van der Waals surface area contributed by atoms with Gasteiger partial charge in [-0.3, -0.25) is 4.79 Å². The minimum Gasteiger partial charge on any atom is -0.467 e. The summed E-state index contributed by atoms with van der Waals surface area (Å²) in [5.41, 5.74) is 6.68. The number of fused-ring (bicyclic) bond motifs is 1. The van der Waals surface area contributed by atoms with Gasteiger partial charge in [-0.1, -0.05) is 6.58 Å². The smallest absolute Gasteiger partial charge is 0.418 e. The van der Waals surface area contributed by atoms with Crippen molar-refractivity contribution in [1.29, 1.82) is 0 Å². The van der Waals surface area contributed by atoms with Crippen molar-refractivity contribution >= 4 is 17.5 Å². The molecule has 3 heterocycles. The molecule has 1 aliphatic heterocycles. The summed E-state index contributed by atoms with van der Waals surface area (Å²) in [4.78, 5) is 29.1. The Hall–Kier alpha value is -3.37. The predicted octanol–water partition coefficient (Wildman–Crippen LogP) is 3.29. The fourth-order valence-corrected chi connectivity index (χ4v) is 5.13. The highest BCUT2D eigenvalue weighted by molar-refractivity contribution is 5.87. The van der Waals surface area contributed by atoms with Crippen molar-refractivity contribution in [2.24, 2.45) is 0 Å². The first kappa shape index (κ1) is 24.7. The number of hydrogen-bond donors (Lipinski definition) is 1. The zero-order chi connectivity index (χ0) is 25.5. The van der Waals surface area contributed by atoms with Gasteiger partial charge in [0.05, 0.1) is 24.1 Å². The average molecular weight is 491 g/mol. The van der Waals surface area contributed by atoms with Crippen LogP contribution in [0.1, 0.15) is 47.3 Å². The number of alkyl halides is 3. The standard InChI is InChI=1S/C24H29F3N6O2/c1-5-19(34)32-8-9-33(14(3)12-32)22-16-7-6-15(11-17(16)29-23(31-22)35-4)21-20(24(25,26)27)13(2)10-18(28)30-21/h5,10,14-15H,1,6-9,11-12H2,2-4H3,(H2,28,30)/t14-,15?/m0/s1. The lowest BCUT2D eigenvalue weighted by atomic mass is 9.82. The number of hydrogen-bond acceptors (Lipinski definition) is 7. The summed E-state index contributed by atoms with van der Waals surface area (Å²) in [6, 6.07) is 1.39. The van der Waals surface area contributed by atoms with Gasteiger partial charge in [0.2, 0.25) is 5.91 Å². The van der Waals surface area contributed by atoms with E-state index in [-0.39, 0.29) is 41.5 Å². The molecule has 8 nitrogen and oxygen atoms in total. The second kappa shape index (κ2) is 9.35. The van der Waals surface area contributed by atoms with Gasteiger partial charge in [0.15, 0.2) is 0 Å². The number of aryl methyl sites for hydroxylation is 1. The van der Waals surface area contributed by atoms with E-state index in [1.54, 1.807) is 4.90 Å². The Kier molecular flexibility index (Phi) is 6.61. The molecule has 11 heteroatoms. The molecule has 0 saturated carbocycles. The van der Waals surface area contributed by atoms with Gasteiger partial charge in [-0.2, -0.15) is 23.1 Å². The van der Waals surface area contributed by atoms with Crippen molar-refractivity contribution in [1.82, 2.24) is 19.9 Å². The Morgan fingerprint density at radius 3 is 2.66 bits per heavy atom. The number of nitrogens with zero attached hydrogens (tertiary/aromatic N) is 5. The van der Waals surface area contributed by atoms with E-state index in [2.05, 4.69) is 26.4 Å². The van der Waals surface area contributed by atoms with Gasteiger partial charge in [0.1, 0.15) is 11.6 Å². The molecule has 4 rings (SSSR count). The number of methoxy groups -OCH3 is 1. The summed E-state index contributed by atoms with van der Waals surface area (Å²) in [5.74, 6) is 0.162. The van der Waals surface area contributed by atoms with Crippen LogP contribution in [-0.4, -0.2) is 58.5 Å². The molecular formula is C24H29F3N6O2. The van der Waals surface area contributed by atoms with Crippen LogP contribution >= 0.6 is 0 Å². The fraction of sp³-hybridized carbons (Fsp3) is 0.500. The van der Waals surface area contributed by atoms with E-state index in [1.165, 1.54) is 26.2 Å². The molecule has 1 amide bonds. The normalized spacial score (nSPS) is 20.4. The number of piperazine rings is 1. The van der Waals surface area contributed by atoms with Crippen LogP contribution in [0.15, 0.2) is 18.7 Å². The summed E-state index contributed by atoms with van der Waals surface area (Å²) in [7, 11) is 1.46. The molecule has 0 radical (unpaired) electrons. The molecule has 1 unspecified atom stereocenters. The lowest BCUT2D eigenvalue weighted by Gasteiger charge is -2.41. The molecule has 0 aromatic carbocycles. The highest BCUT2D eigenvalue weighted by Gasteiger charge is 2.40. The molecule has 1 aliphatic carbocycles. The summed E-state index contributed by atoms with van der Waals surface area (Å²) < 4.78 is 47.1. The Morgan fingerprint density at radius 1 is 1.29 bits per heavy atom. The maximum atomic E-state index is 13.9. The Balaban J connectivity index is 1.70. The lowest BCUT2D eigenvalue weighted by Crippen LogP contribution is -2.54. The van der Waals surface area contributed by atoms with Crippen molar-refractivity contribution in [2.75, 3.05) is 37.4 Å². The van der Waals surface area contributed by atoms with Crippen LogP contribution in [0.4, 0.5) is 24.8 Å². The maximum absolute atomic E-state index is 13.9. The third kappa shape index (κ3) is 4.76. The molecule has 0 bridgehead atoms. The van der Waals surface area contributed by atoms with E-state index >= 15 is 0 Å². The molecule has 188 valence electrons. The molecule has 2 aromatic heterocycles. The van der Waals surface area contributed by atoms with Gasteiger partial charge in [-0.15, -0.1) is 0 Å². The Morgan fingerprint density at radius 2 is 2.03 bits per heavy atom. The van der Waals surface area contributed by atoms with Gasteiger partial charge in [0.25, 0.3) is 0 Å². The summed E-state index contributed by atoms with van der Waals surface area (Å²) in [6.45, 7) is 8.55. The van der Waals surface area contributed by atoms with Gasteiger partial charge < -0.3 is 20.3 Å². The fourth-order valence-electron chi connectivity index (χ4n) is 5.13. The number of halogens is 3. The number of nitrogens with two attached hydrogens (primary N) is 1. The third-order valence-corrected chi connectivity index (χ3v) is 6.74. The minimum atomic E-state index is -4.53. The van der Waals surface area contributed by atoms with Crippen LogP contribution in [0.25, 0.3) is 0 Å². The molecular weight excluding hydrogens is 461 g/mol. The Bertz CT molecular complexity index is 1150. The van der Waals surface area contributed by atoms with Gasteiger partial charge in [0, 0.05) is 37.2 Å². The first-order valence-corrected chi connectivity index (χ1v) is 11.5. The Labute approximate surface area is 202 Å². The van der Waals surface area contributed by atoms with Gasteiger partial charge in [-0.05, 0) is 50.8 Å². The third-order valence-electron chi connectivity index (χ3n) is 6.74. The van der Waals surface area contributed by atoms with E-state index in [0.717, 1.165) is 5.56 Å². The predicted molar refractivity (Wildman–Crippen MR) is 125 cm³/mol. The largest absolute Gasteiger partial charge is 0.467 e. The highest BCUT2D eigenvalue weighted by atomic mass is 19.4. The SMILES string of the molecule is C=CC(=O)N1CCN(c2nc(OC)nc3c2CCC(c2nc(N)cc(C)c2C(F)(F)F)C3)[C@@H](C)C1. The van der Waals surface area contributed by atoms with Gasteiger partial charge in [-0.25, -0.2) is 4.98 Å². The van der Waals surface area contributed by atoms with Crippen LogP contribution in [0, 0.1) is 6.92 Å². The zero-order valence-electron chi connectivity index (χ0n) is 20.0. The van der Waals surface area contributed by atoms with E-state index in [4.69, 9.17) is 10.5 Å². The molecule has 2 atom stereocenters. The number of carbonyl (C=O) groups excluding carboxylic acids is 1. The van der Waals surface area contributed by atoms with Crippen LogP contribution in [-0.2, 0) is 23.8 Å². The van der Waals surface area contributed by atoms with Crippen molar-refractivity contribution in [3.63, 3.8) is 0 Å². The van der Waals surface area contributed by atoms with Crippen molar-refractivity contribution in [3.05, 3.63) is 46.8 Å². The molecule has 1 fully saturated rings. The molecule has 2 aromatic rings. The number of amides is 1. The van der Waals surface area contributed by atoms with Crippen LogP contribution in [0.3, 0.4) is 0 Å². The second-order valence-electron chi connectivity index (χ2n) is 9.05. The van der Waals surface area contributed by atoms with E-state index in [0.29, 0.717) is 44.0 Å². The topological polar surface area (TPSA) is 97.5 Å². The van der Waals surface area contributed by atoms with E-state index in [1.807, 2.05) is 6.92 Å². The first-order valence-electron chi connectivity index (χ1n) is 11.5. The number of nitrogen functional groups attached to an aromatic ring is 1. The summed E-state index contributed by atoms with van der Waals surface area (Å²) >= 11 is 0. The quantitative estimate of drug-likeness (QED) is 0.657. The molecule has 35 heavy (non-hydrogen) atoms. The monoisotopic (exact) mass is 490 g/mol. The van der Waals surface area contributed by atoms with E-state index < -0.39 is 17.7 Å². The minimum absolute atomic E-state index is 0.0239. The number of rotatable bonds is 4. The second-order valence-corrected chi connectivity index (χ2v) is 9.05. The number of aromatic nitrogens is 3. The maximum Gasteiger partial charge on any atom is 0.418 e. The summed E-state index contributed by atoms with van der Waals surface area (Å²) in [6.07, 6.45) is -2.02. The van der Waals surface area contributed by atoms with Crippen LogP contribution in [0.5, 0.6) is 6.01 Å². The highest BCUT2D eigenvalue weighted by Crippen LogP contribution is 2.43. The molecule has 0 spiro atoms. The van der Waals surface area contributed by atoms with E-state index in [9.17, 15) is 18.0 Å². The average Bonchev–Trinajstić information content (AvgIpc) is 2.80. The van der Waals surface area contributed by atoms with Crippen LogP contribution < -0.4 is 15.4 Å². The lowest BCUT2D eigenvalue weighted by molar-refractivity contribution is -0.139. The van der Waals surface area contributed by atoms with Crippen molar-refractivity contribution < 1.29 is 22.7 Å². The van der Waals surface area contributed by atoms with Crippen LogP contribution in [0.2, 0.25) is 0 Å². The molecule has 1 saturated heterocycles. The first-order chi connectivity index (χ1) is 16.5. The van der Waals surface area contributed by atoms with Crippen molar-refractivity contribution in [3.8, 4) is 6.01 Å². The zero-order valence-corrected chi connectivity index (χ0v) is 20.0. The molecule has 2 N–H and O–H groups in total. The number of ether oxygens (including phenoxy) is 1. The van der Waals surface area contributed by atoms with Gasteiger partial charge >= 0.3 is 12.2 Å². The summed E-state index contributed by atoms with van der Waals surface area (Å²) in [5, 5.41) is 0. The number of carbonyl (C=O) groups is 1. The number of anilines is 2. The van der Waals surface area contributed by atoms with Crippen molar-refractivity contribution in [2.45, 2.75) is 51.2 Å². The number of pyridine rings is 1. The molecule has 2 aliphatic rings.